The van der Waals surface area contributed by atoms with Crippen molar-refractivity contribution < 1.29 is 24.2 Å². The molecule has 1 N–H and O–H groups in total. The van der Waals surface area contributed by atoms with Crippen LogP contribution in [0.3, 0.4) is 0 Å². The number of carboxylic acids is 1. The van der Waals surface area contributed by atoms with Gasteiger partial charge >= 0.3 is 12.1 Å². The molecular weight excluding hydrogens is 430 g/mol. The Morgan fingerprint density at radius 3 is 2.38 bits per heavy atom. The standard InChI is InChI=1S/C28H33NO5/c1-19(27(31)32)22-9-11-26(12-10-22)34-28(33)29-14-13-23-15-21(7-8-24(23)18-29)17-25(30)16-20-5-3-2-4-6-20/h2-8,15,19,22,26H,9-14,16-18H2,1H3,(H,31,32). The van der Waals surface area contributed by atoms with Gasteiger partial charge in [-0.2, -0.15) is 0 Å². The number of hydrogen-bond donors (Lipinski definition) is 1. The van der Waals surface area contributed by atoms with Gasteiger partial charge in [0, 0.05) is 25.9 Å². The van der Waals surface area contributed by atoms with Crippen molar-refractivity contribution in [3.8, 4) is 0 Å². The fourth-order valence-corrected chi connectivity index (χ4v) is 5.11. The van der Waals surface area contributed by atoms with Crippen LogP contribution in [0.25, 0.3) is 0 Å². The molecule has 1 unspecified atom stereocenters. The molecule has 0 radical (unpaired) electrons. The summed E-state index contributed by atoms with van der Waals surface area (Å²) in [6.07, 6.45) is 4.17. The average molecular weight is 464 g/mol. The largest absolute Gasteiger partial charge is 0.481 e. The Morgan fingerprint density at radius 2 is 1.68 bits per heavy atom. The van der Waals surface area contributed by atoms with Crippen molar-refractivity contribution in [1.82, 2.24) is 4.90 Å². The second kappa shape index (κ2) is 10.9. The highest BCUT2D eigenvalue weighted by atomic mass is 16.6. The van der Waals surface area contributed by atoms with Gasteiger partial charge in [0.2, 0.25) is 0 Å². The van der Waals surface area contributed by atoms with E-state index in [-0.39, 0.29) is 29.8 Å². The van der Waals surface area contributed by atoms with Gasteiger partial charge in [0.1, 0.15) is 11.9 Å². The first-order chi connectivity index (χ1) is 16.4. The van der Waals surface area contributed by atoms with Crippen LogP contribution in [0.1, 0.15) is 54.9 Å². The van der Waals surface area contributed by atoms with Crippen molar-refractivity contribution in [2.45, 2.75) is 64.5 Å². The van der Waals surface area contributed by atoms with E-state index in [1.54, 1.807) is 11.8 Å². The average Bonchev–Trinajstić information content (AvgIpc) is 2.84. The lowest BCUT2D eigenvalue weighted by Gasteiger charge is -2.33. The zero-order chi connectivity index (χ0) is 24.1. The van der Waals surface area contributed by atoms with E-state index in [9.17, 15) is 19.5 Å². The fourth-order valence-electron chi connectivity index (χ4n) is 5.11. The Hall–Kier alpha value is -3.15. The number of hydrogen-bond acceptors (Lipinski definition) is 4. The van der Waals surface area contributed by atoms with E-state index in [0.29, 0.717) is 25.9 Å². The highest BCUT2D eigenvalue weighted by Crippen LogP contribution is 2.32. The van der Waals surface area contributed by atoms with Gasteiger partial charge in [-0.3, -0.25) is 9.59 Å². The minimum absolute atomic E-state index is 0.135. The van der Waals surface area contributed by atoms with Crippen LogP contribution in [0, 0.1) is 11.8 Å². The molecule has 2 aromatic carbocycles. The predicted molar refractivity (Wildman–Crippen MR) is 128 cm³/mol. The molecule has 1 amide bonds. The SMILES string of the molecule is CC(C(=O)O)C1CCC(OC(=O)N2CCc3cc(CC(=O)Cc4ccccc4)ccc3C2)CC1. The normalized spacial score (nSPS) is 20.8. The minimum Gasteiger partial charge on any atom is -0.481 e. The highest BCUT2D eigenvalue weighted by Gasteiger charge is 2.31. The monoisotopic (exact) mass is 463 g/mol. The Kier molecular flexibility index (Phi) is 7.66. The lowest BCUT2D eigenvalue weighted by Crippen LogP contribution is -2.39. The van der Waals surface area contributed by atoms with Crippen LogP contribution in [0.15, 0.2) is 48.5 Å². The van der Waals surface area contributed by atoms with E-state index in [1.807, 2.05) is 42.5 Å². The van der Waals surface area contributed by atoms with Crippen LogP contribution in [0.4, 0.5) is 4.79 Å². The number of carbonyl (C=O) groups is 3. The van der Waals surface area contributed by atoms with Crippen molar-refractivity contribution in [3.63, 3.8) is 0 Å². The molecule has 0 bridgehead atoms. The first-order valence-electron chi connectivity index (χ1n) is 12.2. The molecule has 1 heterocycles. The van der Waals surface area contributed by atoms with E-state index in [2.05, 4.69) is 6.07 Å². The third-order valence-corrected chi connectivity index (χ3v) is 7.27. The molecule has 1 aliphatic carbocycles. The zero-order valence-electron chi connectivity index (χ0n) is 19.7. The first-order valence-corrected chi connectivity index (χ1v) is 12.2. The molecule has 0 aromatic heterocycles. The predicted octanol–water partition coefficient (Wildman–Crippen LogP) is 4.82. The van der Waals surface area contributed by atoms with E-state index < -0.39 is 5.97 Å². The maximum Gasteiger partial charge on any atom is 0.410 e. The van der Waals surface area contributed by atoms with Gasteiger partial charge in [-0.25, -0.2) is 4.79 Å². The summed E-state index contributed by atoms with van der Waals surface area (Å²) in [4.78, 5) is 38.2. The number of ether oxygens (including phenoxy) is 1. The molecule has 6 heteroatoms. The molecule has 0 saturated heterocycles. The number of rotatable bonds is 7. The van der Waals surface area contributed by atoms with Crippen molar-refractivity contribution >= 4 is 17.8 Å². The number of nitrogens with zero attached hydrogens (tertiary/aromatic N) is 1. The van der Waals surface area contributed by atoms with Gasteiger partial charge in [-0.05, 0) is 60.3 Å². The molecule has 4 rings (SSSR count). The number of aliphatic carboxylic acids is 1. The van der Waals surface area contributed by atoms with E-state index in [4.69, 9.17) is 4.74 Å². The number of ketones is 1. The lowest BCUT2D eigenvalue weighted by molar-refractivity contribution is -0.143. The maximum absolute atomic E-state index is 12.8. The highest BCUT2D eigenvalue weighted by molar-refractivity contribution is 5.83. The summed E-state index contributed by atoms with van der Waals surface area (Å²) >= 11 is 0. The molecule has 2 aliphatic rings. The van der Waals surface area contributed by atoms with Crippen molar-refractivity contribution in [3.05, 3.63) is 70.8 Å². The Morgan fingerprint density at radius 1 is 0.971 bits per heavy atom. The molecule has 180 valence electrons. The van der Waals surface area contributed by atoms with Gasteiger partial charge < -0.3 is 14.7 Å². The number of amides is 1. The molecule has 6 nitrogen and oxygen atoms in total. The molecule has 1 atom stereocenters. The van der Waals surface area contributed by atoms with Crippen LogP contribution in [0.2, 0.25) is 0 Å². The third kappa shape index (κ3) is 6.04. The number of Topliss-reactive ketones (excluding diaryl/α,β-unsaturated/α-hetero) is 1. The Bertz CT molecular complexity index is 1030. The topological polar surface area (TPSA) is 83.9 Å². The van der Waals surface area contributed by atoms with Crippen molar-refractivity contribution in [1.29, 1.82) is 0 Å². The van der Waals surface area contributed by atoms with Gasteiger partial charge in [-0.15, -0.1) is 0 Å². The van der Waals surface area contributed by atoms with Gasteiger partial charge in [0.15, 0.2) is 0 Å². The van der Waals surface area contributed by atoms with E-state index >= 15 is 0 Å². The van der Waals surface area contributed by atoms with Crippen molar-refractivity contribution in [2.75, 3.05) is 6.54 Å². The molecule has 2 aromatic rings. The van der Waals surface area contributed by atoms with Gasteiger partial charge in [0.05, 0.1) is 5.92 Å². The molecule has 1 saturated carbocycles. The number of carbonyl (C=O) groups excluding carboxylic acids is 2. The maximum atomic E-state index is 12.8. The third-order valence-electron chi connectivity index (χ3n) is 7.27. The summed E-state index contributed by atoms with van der Waals surface area (Å²) in [5, 5.41) is 9.21. The van der Waals surface area contributed by atoms with Gasteiger partial charge in [0.25, 0.3) is 0 Å². The van der Waals surface area contributed by atoms with Crippen LogP contribution >= 0.6 is 0 Å². The molecule has 0 spiro atoms. The van der Waals surface area contributed by atoms with Gasteiger partial charge in [-0.1, -0.05) is 55.5 Å². The summed E-state index contributed by atoms with van der Waals surface area (Å²) in [5.74, 6) is -0.757. The Labute approximate surface area is 200 Å². The second-order valence-corrected chi connectivity index (χ2v) is 9.70. The molecule has 1 aliphatic heterocycles. The summed E-state index contributed by atoms with van der Waals surface area (Å²) in [6, 6.07) is 15.9. The van der Waals surface area contributed by atoms with E-state index in [1.165, 1.54) is 5.56 Å². The quantitative estimate of drug-likeness (QED) is 0.637. The van der Waals surface area contributed by atoms with Crippen LogP contribution in [-0.4, -0.2) is 40.5 Å². The molecular formula is C28H33NO5. The van der Waals surface area contributed by atoms with Crippen LogP contribution < -0.4 is 0 Å². The summed E-state index contributed by atoms with van der Waals surface area (Å²) in [5.41, 5.74) is 4.34. The zero-order valence-corrected chi connectivity index (χ0v) is 19.7. The second-order valence-electron chi connectivity index (χ2n) is 9.70. The van der Waals surface area contributed by atoms with E-state index in [0.717, 1.165) is 48.8 Å². The molecule has 34 heavy (non-hydrogen) atoms. The summed E-state index contributed by atoms with van der Waals surface area (Å²) in [6.45, 7) is 2.87. The smallest absolute Gasteiger partial charge is 0.410 e. The van der Waals surface area contributed by atoms with Crippen molar-refractivity contribution in [2.24, 2.45) is 11.8 Å². The number of benzene rings is 2. The Balaban J connectivity index is 1.27. The first kappa shape index (κ1) is 24.0. The van der Waals surface area contributed by atoms with Crippen LogP contribution in [0.5, 0.6) is 0 Å². The summed E-state index contributed by atoms with van der Waals surface area (Å²) < 4.78 is 5.76. The van der Waals surface area contributed by atoms with Crippen LogP contribution in [-0.2, 0) is 40.1 Å². The lowest BCUT2D eigenvalue weighted by atomic mass is 9.80. The fraction of sp³-hybridized carbons (Fsp3) is 0.464. The molecule has 1 fully saturated rings. The number of fused-ring (bicyclic) bond motifs is 1. The summed E-state index contributed by atoms with van der Waals surface area (Å²) in [7, 11) is 0. The number of carboxylic acid groups (broad SMARTS) is 1. The minimum atomic E-state index is -0.754.